The van der Waals surface area contributed by atoms with Crippen LogP contribution in [0.3, 0.4) is 0 Å². The molecule has 0 saturated carbocycles. The van der Waals surface area contributed by atoms with Crippen molar-refractivity contribution in [1.82, 2.24) is 9.80 Å². The van der Waals surface area contributed by atoms with Gasteiger partial charge in [-0.1, -0.05) is 29.3 Å². The summed E-state index contributed by atoms with van der Waals surface area (Å²) in [5, 5.41) is 0.922. The second-order valence-electron chi connectivity index (χ2n) is 5.64. The van der Waals surface area contributed by atoms with E-state index < -0.39 is 0 Å². The first kappa shape index (κ1) is 17.6. The molecule has 0 spiro atoms. The quantitative estimate of drug-likeness (QED) is 0.766. The smallest absolute Gasteiger partial charge is 0.257 e. The molecular weight excluding hydrogens is 363 g/mol. The zero-order valence-corrected chi connectivity index (χ0v) is 14.8. The van der Waals surface area contributed by atoms with Gasteiger partial charge in [-0.3, -0.25) is 9.59 Å². The van der Waals surface area contributed by atoms with Crippen LogP contribution in [-0.4, -0.2) is 47.8 Å². The minimum absolute atomic E-state index is 0.0767. The summed E-state index contributed by atoms with van der Waals surface area (Å²) in [5.41, 5.74) is 1.33. The highest BCUT2D eigenvalue weighted by atomic mass is 35.5. The molecule has 0 radical (unpaired) electrons. The van der Waals surface area contributed by atoms with Crippen LogP contribution in [-0.2, 0) is 4.79 Å². The molecule has 0 unspecified atom stereocenters. The molecule has 5 nitrogen and oxygen atoms in total. The van der Waals surface area contributed by atoms with Gasteiger partial charge in [0.1, 0.15) is 6.26 Å². The number of piperazine rings is 1. The van der Waals surface area contributed by atoms with E-state index in [0.29, 0.717) is 41.8 Å². The highest BCUT2D eigenvalue weighted by Crippen LogP contribution is 2.23. The fourth-order valence-corrected chi connectivity index (χ4v) is 2.89. The van der Waals surface area contributed by atoms with Gasteiger partial charge in [-0.05, 0) is 29.8 Å². The zero-order chi connectivity index (χ0) is 17.8. The third-order valence-corrected chi connectivity index (χ3v) is 4.75. The topological polar surface area (TPSA) is 53.8 Å². The molecule has 1 aromatic heterocycles. The molecule has 0 aliphatic carbocycles. The second-order valence-corrected chi connectivity index (χ2v) is 6.45. The molecule has 2 aromatic rings. The number of nitrogens with zero attached hydrogens (tertiary/aromatic N) is 2. The number of carbonyl (C=O) groups is 2. The number of halogens is 2. The van der Waals surface area contributed by atoms with Crippen molar-refractivity contribution in [2.45, 2.75) is 0 Å². The van der Waals surface area contributed by atoms with Crippen LogP contribution < -0.4 is 0 Å². The first-order valence-corrected chi connectivity index (χ1v) is 8.54. The molecule has 3 rings (SSSR count). The van der Waals surface area contributed by atoms with Crippen molar-refractivity contribution in [3.63, 3.8) is 0 Å². The predicted octanol–water partition coefficient (Wildman–Crippen LogP) is 3.58. The summed E-state index contributed by atoms with van der Waals surface area (Å²) in [6, 6.07) is 6.82. The number of benzene rings is 1. The van der Waals surface area contributed by atoms with Gasteiger partial charge in [-0.15, -0.1) is 0 Å². The van der Waals surface area contributed by atoms with Gasteiger partial charge in [0.05, 0.1) is 21.9 Å². The average Bonchev–Trinajstić information content (AvgIpc) is 3.16. The van der Waals surface area contributed by atoms with Gasteiger partial charge >= 0.3 is 0 Å². The van der Waals surface area contributed by atoms with Crippen LogP contribution in [0.4, 0.5) is 0 Å². The first-order chi connectivity index (χ1) is 12.0. The Morgan fingerprint density at radius 2 is 1.72 bits per heavy atom. The van der Waals surface area contributed by atoms with Gasteiger partial charge in [0.15, 0.2) is 0 Å². The Labute approximate surface area is 155 Å². The molecule has 130 valence electrons. The minimum atomic E-state index is -0.0958. The van der Waals surface area contributed by atoms with Gasteiger partial charge in [-0.2, -0.15) is 0 Å². The van der Waals surface area contributed by atoms with Crippen molar-refractivity contribution in [3.05, 3.63) is 64.0 Å². The average molecular weight is 379 g/mol. The van der Waals surface area contributed by atoms with E-state index >= 15 is 0 Å². The Morgan fingerprint density at radius 3 is 2.36 bits per heavy atom. The maximum Gasteiger partial charge on any atom is 0.257 e. The molecule has 25 heavy (non-hydrogen) atoms. The molecule has 0 N–H and O–H groups in total. The van der Waals surface area contributed by atoms with Gasteiger partial charge < -0.3 is 14.2 Å². The van der Waals surface area contributed by atoms with Crippen molar-refractivity contribution in [2.24, 2.45) is 0 Å². The second kappa shape index (κ2) is 7.76. The Balaban J connectivity index is 1.55. The monoisotopic (exact) mass is 378 g/mol. The van der Waals surface area contributed by atoms with Crippen molar-refractivity contribution >= 4 is 41.1 Å². The van der Waals surface area contributed by atoms with Crippen LogP contribution in [0.15, 0.2) is 47.3 Å². The molecule has 7 heteroatoms. The van der Waals surface area contributed by atoms with E-state index in [9.17, 15) is 9.59 Å². The summed E-state index contributed by atoms with van der Waals surface area (Å²) in [5.74, 6) is -0.173. The van der Waals surface area contributed by atoms with Gasteiger partial charge in [0.2, 0.25) is 5.91 Å². The molecule has 0 bridgehead atoms. The number of hydrogen-bond donors (Lipinski definition) is 0. The maximum atomic E-state index is 12.3. The molecular formula is C18H16Cl2N2O3. The SMILES string of the molecule is O=C(/C=C/c1ccc(Cl)c(Cl)c1)N1CCN(C(=O)c2ccoc2)CC1. The summed E-state index contributed by atoms with van der Waals surface area (Å²) >= 11 is 11.8. The summed E-state index contributed by atoms with van der Waals surface area (Å²) in [6.45, 7) is 1.98. The van der Waals surface area contributed by atoms with Crippen LogP contribution in [0, 0.1) is 0 Å². The summed E-state index contributed by atoms with van der Waals surface area (Å²) in [6.07, 6.45) is 6.11. The van der Waals surface area contributed by atoms with E-state index in [1.807, 2.05) is 0 Å². The van der Waals surface area contributed by atoms with E-state index in [1.165, 1.54) is 18.6 Å². The lowest BCUT2D eigenvalue weighted by atomic mass is 10.2. The van der Waals surface area contributed by atoms with E-state index in [2.05, 4.69) is 0 Å². The lowest BCUT2D eigenvalue weighted by molar-refractivity contribution is -0.127. The normalized spacial score (nSPS) is 15.0. The third kappa shape index (κ3) is 4.24. The molecule has 2 amide bonds. The van der Waals surface area contributed by atoms with Gasteiger partial charge in [-0.25, -0.2) is 0 Å². The van der Waals surface area contributed by atoms with Crippen LogP contribution in [0.25, 0.3) is 6.08 Å². The predicted molar refractivity (Wildman–Crippen MR) is 96.7 cm³/mol. The van der Waals surface area contributed by atoms with Crippen molar-refractivity contribution in [3.8, 4) is 0 Å². The molecule has 1 aromatic carbocycles. The number of furan rings is 1. The summed E-state index contributed by atoms with van der Waals surface area (Å²) in [7, 11) is 0. The Kier molecular flexibility index (Phi) is 5.46. The summed E-state index contributed by atoms with van der Waals surface area (Å²) in [4.78, 5) is 28.0. The van der Waals surface area contributed by atoms with Crippen LogP contribution in [0.1, 0.15) is 15.9 Å². The largest absolute Gasteiger partial charge is 0.472 e. The molecule has 2 heterocycles. The first-order valence-electron chi connectivity index (χ1n) is 7.78. The fraction of sp³-hybridized carbons (Fsp3) is 0.222. The Bertz CT molecular complexity index is 795. The van der Waals surface area contributed by atoms with E-state index in [4.69, 9.17) is 27.6 Å². The Morgan fingerprint density at radius 1 is 1.00 bits per heavy atom. The number of hydrogen-bond acceptors (Lipinski definition) is 3. The van der Waals surface area contributed by atoms with Crippen LogP contribution in [0.5, 0.6) is 0 Å². The highest BCUT2D eigenvalue weighted by molar-refractivity contribution is 6.42. The zero-order valence-electron chi connectivity index (χ0n) is 13.3. The Hall–Kier alpha value is -2.24. The van der Waals surface area contributed by atoms with Gasteiger partial charge in [0, 0.05) is 32.3 Å². The highest BCUT2D eigenvalue weighted by Gasteiger charge is 2.24. The molecule has 1 saturated heterocycles. The van der Waals surface area contributed by atoms with Gasteiger partial charge in [0.25, 0.3) is 5.91 Å². The van der Waals surface area contributed by atoms with Crippen LogP contribution in [0.2, 0.25) is 10.0 Å². The number of amides is 2. The van der Waals surface area contributed by atoms with Crippen molar-refractivity contribution < 1.29 is 14.0 Å². The van der Waals surface area contributed by atoms with Crippen LogP contribution >= 0.6 is 23.2 Å². The van der Waals surface area contributed by atoms with E-state index in [0.717, 1.165) is 5.56 Å². The molecule has 1 aliphatic rings. The fourth-order valence-electron chi connectivity index (χ4n) is 2.59. The van der Waals surface area contributed by atoms with E-state index in [-0.39, 0.29) is 11.8 Å². The van der Waals surface area contributed by atoms with Crippen molar-refractivity contribution in [1.29, 1.82) is 0 Å². The lowest BCUT2D eigenvalue weighted by Gasteiger charge is -2.34. The summed E-state index contributed by atoms with van der Waals surface area (Å²) < 4.78 is 4.94. The number of carbonyl (C=O) groups excluding carboxylic acids is 2. The molecule has 0 atom stereocenters. The minimum Gasteiger partial charge on any atom is -0.472 e. The third-order valence-electron chi connectivity index (χ3n) is 4.01. The maximum absolute atomic E-state index is 12.3. The van der Waals surface area contributed by atoms with E-state index in [1.54, 1.807) is 40.1 Å². The lowest BCUT2D eigenvalue weighted by Crippen LogP contribution is -2.50. The number of rotatable bonds is 3. The molecule has 1 fully saturated rings. The standard InChI is InChI=1S/C18H16Cl2N2O3/c19-15-3-1-13(11-16(15)20)2-4-17(23)21-6-8-22(9-7-21)18(24)14-5-10-25-12-14/h1-5,10-12H,6-9H2/b4-2+. The van der Waals surface area contributed by atoms with Crippen molar-refractivity contribution in [2.75, 3.05) is 26.2 Å². The molecule has 1 aliphatic heterocycles.